The van der Waals surface area contributed by atoms with E-state index in [1.807, 2.05) is 0 Å². The van der Waals surface area contributed by atoms with E-state index >= 15 is 0 Å². The Morgan fingerprint density at radius 2 is 2.29 bits per heavy atom. The number of nitrogens with two attached hydrogens (primary N) is 1. The Bertz CT molecular complexity index is 665. The van der Waals surface area contributed by atoms with E-state index in [1.54, 1.807) is 0 Å². The SMILES string of the molecule is N#CC1=C(N)OC2=C(C(=O)CCC2)[C@@H]1[C@@]12C=C[C@@H](CC1)C2. The summed E-state index contributed by atoms with van der Waals surface area (Å²) in [6, 6.07) is 2.22. The molecule has 1 fully saturated rings. The van der Waals surface area contributed by atoms with E-state index in [9.17, 15) is 10.1 Å². The fraction of sp³-hybridized carbons (Fsp3) is 0.529. The standard InChI is InChI=1S/C17H18N2O2/c18-9-11-15(17-6-4-10(8-17)5-7-17)14-12(20)2-1-3-13(14)21-16(11)19/h4,6,10,15H,1-3,5,7-8,19H2/t10-,15+,17-/m0/s1. The zero-order valence-corrected chi connectivity index (χ0v) is 11.9. The van der Waals surface area contributed by atoms with Gasteiger partial charge in [-0.15, -0.1) is 0 Å². The molecule has 0 aromatic heterocycles. The van der Waals surface area contributed by atoms with Crippen LogP contribution in [0.15, 0.2) is 34.9 Å². The summed E-state index contributed by atoms with van der Waals surface area (Å²) in [5, 5.41) is 9.57. The van der Waals surface area contributed by atoms with Crippen molar-refractivity contribution in [2.45, 2.75) is 38.5 Å². The molecule has 0 aromatic rings. The lowest BCUT2D eigenvalue weighted by molar-refractivity contribution is -0.117. The first-order valence-electron chi connectivity index (χ1n) is 7.68. The van der Waals surface area contributed by atoms with E-state index in [1.165, 1.54) is 0 Å². The minimum Gasteiger partial charge on any atom is -0.444 e. The van der Waals surface area contributed by atoms with Crippen LogP contribution in [0.1, 0.15) is 38.5 Å². The quantitative estimate of drug-likeness (QED) is 0.750. The van der Waals surface area contributed by atoms with E-state index in [0.717, 1.165) is 37.7 Å². The van der Waals surface area contributed by atoms with Crippen LogP contribution in [0, 0.1) is 28.6 Å². The Morgan fingerprint density at radius 1 is 1.43 bits per heavy atom. The molecule has 2 bridgehead atoms. The van der Waals surface area contributed by atoms with E-state index in [0.29, 0.717) is 23.7 Å². The van der Waals surface area contributed by atoms with Gasteiger partial charge < -0.3 is 10.5 Å². The third-order valence-corrected chi connectivity index (χ3v) is 5.50. The van der Waals surface area contributed by atoms with Crippen molar-refractivity contribution in [3.8, 4) is 6.07 Å². The average Bonchev–Trinajstić information content (AvgIpc) is 3.07. The second kappa shape index (κ2) is 4.24. The van der Waals surface area contributed by atoms with Crippen LogP contribution in [0.5, 0.6) is 0 Å². The summed E-state index contributed by atoms with van der Waals surface area (Å²) in [5.74, 6) is 1.46. The van der Waals surface area contributed by atoms with Gasteiger partial charge in [-0.1, -0.05) is 12.2 Å². The van der Waals surface area contributed by atoms with Gasteiger partial charge in [-0.05, 0) is 31.6 Å². The lowest BCUT2D eigenvalue weighted by Gasteiger charge is -2.39. The minimum absolute atomic E-state index is 0.0995. The normalized spacial score (nSPS) is 37.6. The number of hydrogen-bond acceptors (Lipinski definition) is 4. The zero-order valence-electron chi connectivity index (χ0n) is 11.9. The molecule has 4 nitrogen and oxygen atoms in total. The number of ether oxygens (including phenoxy) is 1. The van der Waals surface area contributed by atoms with Gasteiger partial charge in [0, 0.05) is 29.7 Å². The van der Waals surface area contributed by atoms with Gasteiger partial charge in [0.1, 0.15) is 11.8 Å². The van der Waals surface area contributed by atoms with Crippen LogP contribution in [0.25, 0.3) is 0 Å². The molecular formula is C17H18N2O2. The molecule has 0 amide bonds. The summed E-state index contributed by atoms with van der Waals surface area (Å²) in [6.07, 6.45) is 9.79. The molecule has 1 aliphatic heterocycles. The van der Waals surface area contributed by atoms with Crippen LogP contribution in [0.3, 0.4) is 0 Å². The minimum atomic E-state index is -0.192. The monoisotopic (exact) mass is 282 g/mol. The lowest BCUT2D eigenvalue weighted by Crippen LogP contribution is -2.37. The second-order valence-corrected chi connectivity index (χ2v) is 6.63. The Labute approximate surface area is 123 Å². The molecule has 4 heteroatoms. The molecule has 3 aliphatic carbocycles. The topological polar surface area (TPSA) is 76.1 Å². The molecule has 21 heavy (non-hydrogen) atoms. The van der Waals surface area contributed by atoms with Gasteiger partial charge in [-0.3, -0.25) is 4.79 Å². The van der Waals surface area contributed by atoms with Crippen molar-refractivity contribution in [1.82, 2.24) is 0 Å². The van der Waals surface area contributed by atoms with Gasteiger partial charge in [0.05, 0.1) is 5.57 Å². The van der Waals surface area contributed by atoms with Crippen molar-refractivity contribution in [2.24, 2.45) is 23.0 Å². The van der Waals surface area contributed by atoms with Gasteiger partial charge in [0.25, 0.3) is 0 Å². The van der Waals surface area contributed by atoms with Crippen LogP contribution >= 0.6 is 0 Å². The number of carbonyl (C=O) groups is 1. The predicted molar refractivity (Wildman–Crippen MR) is 76.2 cm³/mol. The van der Waals surface area contributed by atoms with Crippen molar-refractivity contribution in [3.05, 3.63) is 34.9 Å². The maximum atomic E-state index is 12.5. The van der Waals surface area contributed by atoms with Gasteiger partial charge in [0.2, 0.25) is 5.88 Å². The molecule has 0 spiro atoms. The molecule has 1 heterocycles. The number of ketones is 1. The smallest absolute Gasteiger partial charge is 0.204 e. The fourth-order valence-corrected chi connectivity index (χ4v) is 4.58. The molecule has 2 N–H and O–H groups in total. The maximum Gasteiger partial charge on any atom is 0.204 e. The van der Waals surface area contributed by atoms with Crippen molar-refractivity contribution in [2.75, 3.05) is 0 Å². The molecule has 1 saturated carbocycles. The molecule has 3 atom stereocenters. The van der Waals surface area contributed by atoms with Crippen LogP contribution in [0.4, 0.5) is 0 Å². The summed E-state index contributed by atoms with van der Waals surface area (Å²) >= 11 is 0. The summed E-state index contributed by atoms with van der Waals surface area (Å²) in [5.41, 5.74) is 7.08. The Balaban J connectivity index is 1.89. The number of fused-ring (bicyclic) bond motifs is 2. The van der Waals surface area contributed by atoms with Gasteiger partial charge in [-0.2, -0.15) is 5.26 Å². The number of allylic oxidation sites excluding steroid dienone is 5. The van der Waals surface area contributed by atoms with Crippen LogP contribution in [-0.2, 0) is 9.53 Å². The van der Waals surface area contributed by atoms with Crippen molar-refractivity contribution in [3.63, 3.8) is 0 Å². The molecule has 4 aliphatic rings. The van der Waals surface area contributed by atoms with Crippen molar-refractivity contribution in [1.29, 1.82) is 5.26 Å². The number of hydrogen-bond donors (Lipinski definition) is 1. The largest absolute Gasteiger partial charge is 0.444 e. The van der Waals surface area contributed by atoms with E-state index < -0.39 is 0 Å². The van der Waals surface area contributed by atoms with Crippen molar-refractivity contribution < 1.29 is 9.53 Å². The van der Waals surface area contributed by atoms with Gasteiger partial charge >= 0.3 is 0 Å². The van der Waals surface area contributed by atoms with Gasteiger partial charge in [0.15, 0.2) is 5.78 Å². The first-order chi connectivity index (χ1) is 10.1. The van der Waals surface area contributed by atoms with E-state index in [4.69, 9.17) is 10.5 Å². The highest BCUT2D eigenvalue weighted by Gasteiger charge is 2.53. The van der Waals surface area contributed by atoms with Crippen LogP contribution < -0.4 is 5.73 Å². The third kappa shape index (κ3) is 1.64. The average molecular weight is 282 g/mol. The number of nitriles is 1. The summed E-state index contributed by atoms with van der Waals surface area (Å²) in [4.78, 5) is 12.5. The highest BCUT2D eigenvalue weighted by molar-refractivity contribution is 5.98. The lowest BCUT2D eigenvalue weighted by atomic mass is 9.65. The Kier molecular flexibility index (Phi) is 2.56. The van der Waals surface area contributed by atoms with Crippen LogP contribution in [0.2, 0.25) is 0 Å². The second-order valence-electron chi connectivity index (χ2n) is 6.63. The Hall–Kier alpha value is -2.02. The molecule has 0 saturated heterocycles. The fourth-order valence-electron chi connectivity index (χ4n) is 4.58. The molecular weight excluding hydrogens is 264 g/mol. The predicted octanol–water partition coefficient (Wildman–Crippen LogP) is 2.69. The molecule has 0 radical (unpaired) electrons. The molecule has 4 rings (SSSR count). The number of Topliss-reactive ketones (excluding diaryl/α,β-unsaturated/α-hetero) is 1. The zero-order chi connectivity index (χ0) is 14.6. The number of carbonyl (C=O) groups excluding carboxylic acids is 1. The summed E-state index contributed by atoms with van der Waals surface area (Å²) in [6.45, 7) is 0. The summed E-state index contributed by atoms with van der Waals surface area (Å²) < 4.78 is 5.63. The van der Waals surface area contributed by atoms with Crippen molar-refractivity contribution >= 4 is 5.78 Å². The maximum absolute atomic E-state index is 12.5. The molecule has 108 valence electrons. The highest BCUT2D eigenvalue weighted by Crippen LogP contribution is 2.59. The van der Waals surface area contributed by atoms with Crippen LogP contribution in [-0.4, -0.2) is 5.78 Å². The summed E-state index contributed by atoms with van der Waals surface area (Å²) in [7, 11) is 0. The third-order valence-electron chi connectivity index (χ3n) is 5.50. The first kappa shape index (κ1) is 12.7. The molecule has 0 unspecified atom stereocenters. The Morgan fingerprint density at radius 3 is 2.90 bits per heavy atom. The van der Waals surface area contributed by atoms with Gasteiger partial charge in [-0.25, -0.2) is 0 Å². The van der Waals surface area contributed by atoms with E-state index in [2.05, 4.69) is 18.2 Å². The molecule has 0 aromatic carbocycles. The number of rotatable bonds is 1. The highest BCUT2D eigenvalue weighted by atomic mass is 16.5. The van der Waals surface area contributed by atoms with E-state index in [-0.39, 0.29) is 23.0 Å². The number of nitrogens with zero attached hydrogens (tertiary/aromatic N) is 1. The first-order valence-corrected chi connectivity index (χ1v) is 7.68.